The largest absolute Gasteiger partial charge is 0.481 e. The third-order valence-electron chi connectivity index (χ3n) is 3.26. The Labute approximate surface area is 146 Å². The molecule has 6 nitrogen and oxygen atoms in total. The standard InChI is InChI=1S/C17H23N3O3S/c1-12(9-11-18)24-14-7-5-4-6-13(14)19-16(23)20-17(2,3)10-8-15(21)22/h4-7,12H,8-10H2,1-3H3,(H,21,22)(H2,19,20,23). The van der Waals surface area contributed by atoms with E-state index in [1.165, 1.54) is 11.8 Å². The lowest BCUT2D eigenvalue weighted by atomic mass is 9.99. The van der Waals surface area contributed by atoms with Gasteiger partial charge in [-0.2, -0.15) is 5.26 Å². The molecule has 0 bridgehead atoms. The average Bonchev–Trinajstić information content (AvgIpc) is 2.47. The minimum Gasteiger partial charge on any atom is -0.481 e. The fourth-order valence-electron chi connectivity index (χ4n) is 2.00. The highest BCUT2D eigenvalue weighted by Gasteiger charge is 2.22. The van der Waals surface area contributed by atoms with Crippen molar-refractivity contribution < 1.29 is 14.7 Å². The highest BCUT2D eigenvalue weighted by molar-refractivity contribution is 8.00. The van der Waals surface area contributed by atoms with Crippen LogP contribution in [0, 0.1) is 11.3 Å². The number of carboxylic acids is 1. The van der Waals surface area contributed by atoms with Gasteiger partial charge in [0.05, 0.1) is 11.8 Å². The van der Waals surface area contributed by atoms with E-state index >= 15 is 0 Å². The van der Waals surface area contributed by atoms with E-state index in [-0.39, 0.29) is 17.7 Å². The molecule has 0 saturated carbocycles. The van der Waals surface area contributed by atoms with Crippen LogP contribution in [0.5, 0.6) is 0 Å². The smallest absolute Gasteiger partial charge is 0.319 e. The van der Waals surface area contributed by atoms with E-state index in [2.05, 4.69) is 16.7 Å². The Hall–Kier alpha value is -2.20. The first-order valence-electron chi connectivity index (χ1n) is 7.67. The lowest BCUT2D eigenvalue weighted by Gasteiger charge is -2.26. The molecule has 1 aromatic carbocycles. The van der Waals surface area contributed by atoms with Crippen LogP contribution < -0.4 is 10.6 Å². The molecule has 0 fully saturated rings. The van der Waals surface area contributed by atoms with Crippen LogP contribution >= 0.6 is 11.8 Å². The van der Waals surface area contributed by atoms with E-state index in [1.807, 2.05) is 25.1 Å². The van der Waals surface area contributed by atoms with E-state index < -0.39 is 11.5 Å². The number of carbonyl (C=O) groups excluding carboxylic acids is 1. The predicted octanol–water partition coefficient (Wildman–Crippen LogP) is 3.85. The van der Waals surface area contributed by atoms with Gasteiger partial charge in [-0.15, -0.1) is 11.8 Å². The van der Waals surface area contributed by atoms with Gasteiger partial charge in [-0.05, 0) is 32.4 Å². The van der Waals surface area contributed by atoms with Crippen LogP contribution in [0.25, 0.3) is 0 Å². The molecule has 0 aliphatic heterocycles. The van der Waals surface area contributed by atoms with E-state index in [9.17, 15) is 9.59 Å². The number of carbonyl (C=O) groups is 2. The van der Waals surface area contributed by atoms with Crippen molar-refractivity contribution in [1.82, 2.24) is 5.32 Å². The molecule has 3 N–H and O–H groups in total. The molecule has 0 spiro atoms. The number of rotatable bonds is 8. The van der Waals surface area contributed by atoms with E-state index in [0.29, 0.717) is 18.5 Å². The number of anilines is 1. The molecule has 0 heterocycles. The summed E-state index contributed by atoms with van der Waals surface area (Å²) in [4.78, 5) is 23.8. The number of benzene rings is 1. The zero-order chi connectivity index (χ0) is 18.2. The van der Waals surface area contributed by atoms with Gasteiger partial charge in [0.25, 0.3) is 0 Å². The Bertz CT molecular complexity index is 626. The number of thioether (sulfide) groups is 1. The molecule has 130 valence electrons. The zero-order valence-corrected chi connectivity index (χ0v) is 14.9. The van der Waals surface area contributed by atoms with Crippen molar-refractivity contribution in [2.45, 2.75) is 55.7 Å². The molecule has 0 radical (unpaired) electrons. The summed E-state index contributed by atoms with van der Waals surface area (Å²) in [5.74, 6) is -0.890. The summed E-state index contributed by atoms with van der Waals surface area (Å²) in [6.45, 7) is 5.52. The maximum Gasteiger partial charge on any atom is 0.319 e. The van der Waals surface area contributed by atoms with Crippen LogP contribution in [0.1, 0.15) is 40.0 Å². The number of nitrogens with one attached hydrogen (secondary N) is 2. The molecular formula is C17H23N3O3S. The number of hydrogen-bond donors (Lipinski definition) is 3. The first-order chi connectivity index (χ1) is 11.2. The molecule has 1 aromatic rings. The summed E-state index contributed by atoms with van der Waals surface area (Å²) in [6.07, 6.45) is 0.754. The SMILES string of the molecule is CC(CC#N)Sc1ccccc1NC(=O)NC(C)(C)CCC(=O)O. The molecular weight excluding hydrogens is 326 g/mol. The van der Waals surface area contributed by atoms with Crippen LogP contribution in [0.15, 0.2) is 29.2 Å². The summed E-state index contributed by atoms with van der Waals surface area (Å²) in [5, 5.41) is 23.2. The van der Waals surface area contributed by atoms with Gasteiger partial charge in [0, 0.05) is 28.5 Å². The van der Waals surface area contributed by atoms with Crippen LogP contribution in [-0.4, -0.2) is 27.9 Å². The number of nitrogens with zero attached hydrogens (tertiary/aromatic N) is 1. The van der Waals surface area contributed by atoms with Crippen LogP contribution in [0.4, 0.5) is 10.5 Å². The third-order valence-corrected chi connectivity index (χ3v) is 4.44. The quantitative estimate of drug-likeness (QED) is 0.619. The molecule has 1 atom stereocenters. The van der Waals surface area contributed by atoms with Crippen LogP contribution in [-0.2, 0) is 4.79 Å². The fourth-order valence-corrected chi connectivity index (χ4v) is 3.00. The summed E-state index contributed by atoms with van der Waals surface area (Å²) < 4.78 is 0. The second-order valence-electron chi connectivity index (χ2n) is 6.14. The normalized spacial score (nSPS) is 12.1. The predicted molar refractivity (Wildman–Crippen MR) is 95.1 cm³/mol. The molecule has 1 rings (SSSR count). The van der Waals surface area contributed by atoms with E-state index in [4.69, 9.17) is 10.4 Å². The zero-order valence-electron chi connectivity index (χ0n) is 14.1. The van der Waals surface area contributed by atoms with Gasteiger partial charge in [-0.1, -0.05) is 19.1 Å². The monoisotopic (exact) mass is 349 g/mol. The minimum absolute atomic E-state index is 0.00854. The first kappa shape index (κ1) is 19.8. The van der Waals surface area contributed by atoms with Gasteiger partial charge >= 0.3 is 12.0 Å². The van der Waals surface area contributed by atoms with E-state index in [0.717, 1.165) is 4.90 Å². The lowest BCUT2D eigenvalue weighted by molar-refractivity contribution is -0.137. The Balaban J connectivity index is 2.70. The van der Waals surface area contributed by atoms with Crippen molar-refractivity contribution in [1.29, 1.82) is 5.26 Å². The van der Waals surface area contributed by atoms with Gasteiger partial charge in [0.15, 0.2) is 0 Å². The van der Waals surface area contributed by atoms with E-state index in [1.54, 1.807) is 19.9 Å². The van der Waals surface area contributed by atoms with Gasteiger partial charge in [0.1, 0.15) is 0 Å². The number of amides is 2. The topological polar surface area (TPSA) is 102 Å². The molecule has 24 heavy (non-hydrogen) atoms. The average molecular weight is 349 g/mol. The molecule has 2 amide bonds. The van der Waals surface area contributed by atoms with Crippen molar-refractivity contribution in [2.24, 2.45) is 0 Å². The number of hydrogen-bond acceptors (Lipinski definition) is 4. The van der Waals surface area contributed by atoms with Crippen LogP contribution in [0.3, 0.4) is 0 Å². The highest BCUT2D eigenvalue weighted by atomic mass is 32.2. The molecule has 0 aliphatic rings. The van der Waals surface area contributed by atoms with Crippen molar-refractivity contribution in [3.05, 3.63) is 24.3 Å². The fraction of sp³-hybridized carbons (Fsp3) is 0.471. The van der Waals surface area contributed by atoms with Crippen molar-refractivity contribution in [3.8, 4) is 6.07 Å². The highest BCUT2D eigenvalue weighted by Crippen LogP contribution is 2.31. The van der Waals surface area contributed by atoms with Gasteiger partial charge in [-0.3, -0.25) is 4.79 Å². The number of nitriles is 1. The summed E-state index contributed by atoms with van der Waals surface area (Å²) in [6, 6.07) is 9.14. The second kappa shape index (κ2) is 9.18. The molecule has 7 heteroatoms. The molecule has 0 saturated heterocycles. The maximum absolute atomic E-state index is 12.2. The number of carboxylic acid groups (broad SMARTS) is 1. The van der Waals surface area contributed by atoms with Crippen molar-refractivity contribution in [3.63, 3.8) is 0 Å². The Kier molecular flexibility index (Phi) is 7.59. The molecule has 1 unspecified atom stereocenters. The van der Waals surface area contributed by atoms with Crippen molar-refractivity contribution in [2.75, 3.05) is 5.32 Å². The Morgan fingerprint density at radius 1 is 1.38 bits per heavy atom. The van der Waals surface area contributed by atoms with Crippen LogP contribution in [0.2, 0.25) is 0 Å². The Morgan fingerprint density at radius 2 is 2.04 bits per heavy atom. The van der Waals surface area contributed by atoms with Crippen molar-refractivity contribution >= 4 is 29.4 Å². The van der Waals surface area contributed by atoms with Gasteiger partial charge in [0.2, 0.25) is 0 Å². The summed E-state index contributed by atoms with van der Waals surface area (Å²) >= 11 is 1.53. The Morgan fingerprint density at radius 3 is 2.67 bits per heavy atom. The first-order valence-corrected chi connectivity index (χ1v) is 8.55. The summed E-state index contributed by atoms with van der Waals surface area (Å²) in [7, 11) is 0. The second-order valence-corrected chi connectivity index (χ2v) is 7.62. The lowest BCUT2D eigenvalue weighted by Crippen LogP contribution is -2.45. The molecule has 0 aromatic heterocycles. The molecule has 0 aliphatic carbocycles. The maximum atomic E-state index is 12.2. The number of aliphatic carboxylic acids is 1. The van der Waals surface area contributed by atoms with Gasteiger partial charge in [-0.25, -0.2) is 4.79 Å². The summed E-state index contributed by atoms with van der Waals surface area (Å²) in [5.41, 5.74) is 0.0392. The minimum atomic E-state index is -0.890. The number of para-hydroxylation sites is 1. The third kappa shape index (κ3) is 7.38. The van der Waals surface area contributed by atoms with Gasteiger partial charge < -0.3 is 15.7 Å². The number of urea groups is 1.